The summed E-state index contributed by atoms with van der Waals surface area (Å²) in [5.74, 6) is 2.03. The molecule has 0 spiro atoms. The number of aromatic nitrogens is 4. The van der Waals surface area contributed by atoms with Crippen molar-refractivity contribution in [3.05, 3.63) is 36.3 Å². The number of halogens is 1. The van der Waals surface area contributed by atoms with Gasteiger partial charge in [0, 0.05) is 62.3 Å². The van der Waals surface area contributed by atoms with Crippen molar-refractivity contribution in [1.82, 2.24) is 30.2 Å². The van der Waals surface area contributed by atoms with Crippen LogP contribution in [0.3, 0.4) is 0 Å². The van der Waals surface area contributed by atoms with Crippen molar-refractivity contribution in [2.75, 3.05) is 43.5 Å². The minimum atomic E-state index is -0.0357. The van der Waals surface area contributed by atoms with E-state index in [1.807, 2.05) is 18.3 Å². The summed E-state index contributed by atoms with van der Waals surface area (Å²) in [7, 11) is 1.77. The Labute approximate surface area is 224 Å². The largest absolute Gasteiger partial charge is 0.381 e. The zero-order valence-electron chi connectivity index (χ0n) is 21.7. The van der Waals surface area contributed by atoms with E-state index in [-0.39, 0.29) is 30.4 Å². The monoisotopic (exact) mass is 528 g/mol. The van der Waals surface area contributed by atoms with Crippen LogP contribution in [0.4, 0.5) is 17.6 Å². The first-order valence-corrected chi connectivity index (χ1v) is 12.9. The van der Waals surface area contributed by atoms with Crippen LogP contribution >= 0.6 is 12.4 Å². The Morgan fingerprint density at radius 1 is 1.14 bits per heavy atom. The standard InChI is InChI=1S/C26H36N8O2.ClH/c1-17(2)34-16-21(25(35)30-18-4-9-27-10-5-18)20-15-29-24(14-22(20)34)31-23-6-11-28-26(32-23)33-12-7-19(36-3)8-13-33;/h6,11,14-19,27H,4-5,7-10,12-13H2,1-3H3,(H,30,35)(H,28,29,31,32);1H. The quantitative estimate of drug-likeness (QED) is 0.426. The van der Waals surface area contributed by atoms with E-state index in [0.717, 1.165) is 62.8 Å². The summed E-state index contributed by atoms with van der Waals surface area (Å²) in [4.78, 5) is 29.2. The van der Waals surface area contributed by atoms with Gasteiger partial charge in [0.1, 0.15) is 11.6 Å². The molecular weight excluding hydrogens is 492 g/mol. The number of pyridine rings is 1. The lowest BCUT2D eigenvalue weighted by Crippen LogP contribution is -2.42. The van der Waals surface area contributed by atoms with Gasteiger partial charge in [0.05, 0.1) is 17.2 Å². The smallest absolute Gasteiger partial charge is 0.253 e. The Balaban J connectivity index is 0.00000320. The molecule has 2 aliphatic rings. The number of ether oxygens (including phenoxy) is 1. The number of anilines is 3. The Morgan fingerprint density at radius 3 is 2.59 bits per heavy atom. The van der Waals surface area contributed by atoms with E-state index in [1.54, 1.807) is 19.5 Å². The number of carbonyl (C=O) groups is 1. The molecule has 1 amide bonds. The average molecular weight is 529 g/mol. The summed E-state index contributed by atoms with van der Waals surface area (Å²) in [5.41, 5.74) is 1.63. The zero-order valence-corrected chi connectivity index (χ0v) is 22.6. The molecule has 0 unspecified atom stereocenters. The van der Waals surface area contributed by atoms with Crippen molar-refractivity contribution < 1.29 is 9.53 Å². The van der Waals surface area contributed by atoms with E-state index in [1.165, 1.54) is 0 Å². The lowest BCUT2D eigenvalue weighted by atomic mass is 10.1. The van der Waals surface area contributed by atoms with E-state index in [0.29, 0.717) is 29.3 Å². The maximum atomic E-state index is 13.1. The number of methoxy groups -OCH3 is 1. The van der Waals surface area contributed by atoms with Crippen LogP contribution < -0.4 is 20.9 Å². The van der Waals surface area contributed by atoms with Crippen LogP contribution in [-0.2, 0) is 4.74 Å². The maximum absolute atomic E-state index is 13.1. The summed E-state index contributed by atoms with van der Waals surface area (Å²) >= 11 is 0. The molecule has 2 saturated heterocycles. The second-order valence-corrected chi connectivity index (χ2v) is 9.92. The molecule has 5 rings (SSSR count). The molecule has 10 nitrogen and oxygen atoms in total. The molecule has 200 valence electrons. The van der Waals surface area contributed by atoms with Gasteiger partial charge in [0.25, 0.3) is 5.91 Å². The topological polar surface area (TPSA) is 109 Å². The Morgan fingerprint density at radius 2 is 1.89 bits per heavy atom. The molecular formula is C26H37ClN8O2. The van der Waals surface area contributed by atoms with Crippen molar-refractivity contribution >= 4 is 46.8 Å². The molecule has 0 atom stereocenters. The van der Waals surface area contributed by atoms with Gasteiger partial charge in [-0.05, 0) is 58.7 Å². The van der Waals surface area contributed by atoms with Crippen LogP contribution in [0, 0.1) is 0 Å². The summed E-state index contributed by atoms with van der Waals surface area (Å²) in [6.07, 6.45) is 9.65. The molecule has 0 radical (unpaired) electrons. The zero-order chi connectivity index (χ0) is 25.1. The number of hydrogen-bond acceptors (Lipinski definition) is 8. The second kappa shape index (κ2) is 12.1. The van der Waals surface area contributed by atoms with Gasteiger partial charge >= 0.3 is 0 Å². The number of fused-ring (bicyclic) bond motifs is 1. The van der Waals surface area contributed by atoms with Gasteiger partial charge in [-0.1, -0.05) is 0 Å². The first-order valence-electron chi connectivity index (χ1n) is 12.9. The first kappa shape index (κ1) is 27.1. The Bertz CT molecular complexity index is 1200. The molecule has 0 aromatic carbocycles. The van der Waals surface area contributed by atoms with E-state index < -0.39 is 0 Å². The third kappa shape index (κ3) is 6.14. The number of carbonyl (C=O) groups excluding carboxylic acids is 1. The van der Waals surface area contributed by atoms with Gasteiger partial charge in [0.15, 0.2) is 0 Å². The van der Waals surface area contributed by atoms with E-state index in [2.05, 4.69) is 49.2 Å². The highest BCUT2D eigenvalue weighted by Gasteiger charge is 2.22. The highest BCUT2D eigenvalue weighted by molar-refractivity contribution is 6.07. The number of amides is 1. The first-order chi connectivity index (χ1) is 17.5. The summed E-state index contributed by atoms with van der Waals surface area (Å²) in [6.45, 7) is 7.85. The maximum Gasteiger partial charge on any atom is 0.253 e. The van der Waals surface area contributed by atoms with Gasteiger partial charge in [-0.15, -0.1) is 12.4 Å². The molecule has 0 saturated carbocycles. The summed E-state index contributed by atoms with van der Waals surface area (Å²) in [5, 5.41) is 10.7. The van der Waals surface area contributed by atoms with Gasteiger partial charge in [-0.25, -0.2) is 9.97 Å². The normalized spacial score (nSPS) is 17.1. The highest BCUT2D eigenvalue weighted by Crippen LogP contribution is 2.28. The van der Waals surface area contributed by atoms with Gasteiger partial charge in [-0.3, -0.25) is 4.79 Å². The molecule has 3 N–H and O–H groups in total. The lowest BCUT2D eigenvalue weighted by molar-refractivity contribution is 0.0816. The molecule has 0 bridgehead atoms. The molecule has 2 aliphatic heterocycles. The van der Waals surface area contributed by atoms with Crippen LogP contribution in [-0.4, -0.2) is 70.9 Å². The van der Waals surface area contributed by atoms with E-state index in [4.69, 9.17) is 9.72 Å². The van der Waals surface area contributed by atoms with Crippen LogP contribution in [0.25, 0.3) is 10.9 Å². The number of hydrogen-bond donors (Lipinski definition) is 3. The Kier molecular flexibility index (Phi) is 8.83. The van der Waals surface area contributed by atoms with E-state index >= 15 is 0 Å². The molecule has 2 fully saturated rings. The second-order valence-electron chi connectivity index (χ2n) is 9.92. The Hall–Kier alpha value is -2.95. The molecule has 3 aromatic heterocycles. The van der Waals surface area contributed by atoms with Crippen molar-refractivity contribution in [3.8, 4) is 0 Å². The highest BCUT2D eigenvalue weighted by atomic mass is 35.5. The minimum Gasteiger partial charge on any atom is -0.381 e. The SMILES string of the molecule is COC1CCN(c2nccc(Nc3cc4c(cn3)c(C(=O)NC3CCNCC3)cn4C(C)C)n2)CC1.Cl. The molecule has 3 aromatic rings. The van der Waals surface area contributed by atoms with Crippen LogP contribution in [0.1, 0.15) is 55.9 Å². The van der Waals surface area contributed by atoms with Gasteiger partial charge in [-0.2, -0.15) is 4.98 Å². The summed E-state index contributed by atoms with van der Waals surface area (Å²) < 4.78 is 7.61. The van der Waals surface area contributed by atoms with E-state index in [9.17, 15) is 4.79 Å². The average Bonchev–Trinajstić information content (AvgIpc) is 3.29. The molecule has 37 heavy (non-hydrogen) atoms. The predicted molar refractivity (Wildman–Crippen MR) is 148 cm³/mol. The third-order valence-corrected chi connectivity index (χ3v) is 7.15. The third-order valence-electron chi connectivity index (χ3n) is 7.15. The lowest BCUT2D eigenvalue weighted by Gasteiger charge is -2.31. The van der Waals surface area contributed by atoms with Gasteiger partial charge in [0.2, 0.25) is 5.95 Å². The fourth-order valence-electron chi connectivity index (χ4n) is 5.04. The van der Waals surface area contributed by atoms with Crippen molar-refractivity contribution in [2.24, 2.45) is 0 Å². The fourth-order valence-corrected chi connectivity index (χ4v) is 5.04. The van der Waals surface area contributed by atoms with Crippen molar-refractivity contribution in [2.45, 2.75) is 57.7 Å². The number of piperidine rings is 2. The molecule has 0 aliphatic carbocycles. The number of nitrogens with zero attached hydrogens (tertiary/aromatic N) is 5. The van der Waals surface area contributed by atoms with Crippen LogP contribution in [0.5, 0.6) is 0 Å². The minimum absolute atomic E-state index is 0. The van der Waals surface area contributed by atoms with Crippen molar-refractivity contribution in [1.29, 1.82) is 0 Å². The fraction of sp³-hybridized carbons (Fsp3) is 0.538. The summed E-state index contributed by atoms with van der Waals surface area (Å²) in [6, 6.07) is 4.24. The van der Waals surface area contributed by atoms with Gasteiger partial charge < -0.3 is 30.2 Å². The molecule has 5 heterocycles. The van der Waals surface area contributed by atoms with Crippen molar-refractivity contribution in [3.63, 3.8) is 0 Å². The number of rotatable bonds is 7. The van der Waals surface area contributed by atoms with Crippen LogP contribution in [0.15, 0.2) is 30.7 Å². The predicted octanol–water partition coefficient (Wildman–Crippen LogP) is 3.67. The number of nitrogens with one attached hydrogen (secondary N) is 3. The van der Waals surface area contributed by atoms with Crippen LogP contribution in [0.2, 0.25) is 0 Å². The molecule has 11 heteroatoms.